The fourth-order valence-electron chi connectivity index (χ4n) is 1.39. The Morgan fingerprint density at radius 2 is 1.95 bits per heavy atom. The maximum Gasteiger partial charge on any atom is 0.269 e. The maximum absolute atomic E-state index is 11.8. The Morgan fingerprint density at radius 3 is 2.50 bits per heavy atom. The molecule has 0 saturated carbocycles. The fourth-order valence-corrected chi connectivity index (χ4v) is 2.46. The molecule has 20 heavy (non-hydrogen) atoms. The SMILES string of the molecule is [N-]=[N+]=NCCCCNS(=O)(=O)c1ccc([N+](=O)[O-])cc1. The van der Waals surface area contributed by atoms with Gasteiger partial charge < -0.3 is 0 Å². The second-order valence-electron chi connectivity index (χ2n) is 3.81. The molecule has 0 unspecified atom stereocenters. The highest BCUT2D eigenvalue weighted by Crippen LogP contribution is 2.15. The van der Waals surface area contributed by atoms with Crippen molar-refractivity contribution < 1.29 is 13.3 Å². The lowest BCUT2D eigenvalue weighted by atomic mass is 10.3. The molecule has 0 aliphatic carbocycles. The van der Waals surface area contributed by atoms with Crippen LogP contribution < -0.4 is 4.72 Å². The van der Waals surface area contributed by atoms with Gasteiger partial charge in [0.15, 0.2) is 0 Å². The summed E-state index contributed by atoms with van der Waals surface area (Å²) < 4.78 is 26.0. The minimum Gasteiger partial charge on any atom is -0.258 e. The smallest absolute Gasteiger partial charge is 0.258 e. The average Bonchev–Trinajstić information content (AvgIpc) is 2.43. The van der Waals surface area contributed by atoms with E-state index in [0.29, 0.717) is 19.4 Å². The number of benzene rings is 1. The monoisotopic (exact) mass is 299 g/mol. The lowest BCUT2D eigenvalue weighted by molar-refractivity contribution is -0.384. The van der Waals surface area contributed by atoms with Gasteiger partial charge in [-0.1, -0.05) is 5.11 Å². The van der Waals surface area contributed by atoms with Crippen molar-refractivity contribution in [2.45, 2.75) is 17.7 Å². The molecular formula is C10H13N5O4S. The maximum atomic E-state index is 11.8. The fraction of sp³-hybridized carbons (Fsp3) is 0.400. The van der Waals surface area contributed by atoms with Gasteiger partial charge in [0.05, 0.1) is 9.82 Å². The molecule has 0 aromatic heterocycles. The lowest BCUT2D eigenvalue weighted by Crippen LogP contribution is -2.24. The normalized spacial score (nSPS) is 10.8. The van der Waals surface area contributed by atoms with Crippen LogP contribution in [0.15, 0.2) is 34.3 Å². The first-order valence-corrected chi connectivity index (χ1v) is 7.20. The zero-order chi connectivity index (χ0) is 15.0. The summed E-state index contributed by atoms with van der Waals surface area (Å²) >= 11 is 0. The molecule has 1 aromatic rings. The van der Waals surface area contributed by atoms with Crippen molar-refractivity contribution in [3.8, 4) is 0 Å². The second kappa shape index (κ2) is 7.43. The van der Waals surface area contributed by atoms with E-state index in [1.807, 2.05) is 0 Å². The van der Waals surface area contributed by atoms with Gasteiger partial charge in [-0.2, -0.15) is 0 Å². The number of nitrogens with zero attached hydrogens (tertiary/aromatic N) is 4. The van der Waals surface area contributed by atoms with Crippen LogP contribution in [0.2, 0.25) is 0 Å². The van der Waals surface area contributed by atoms with Crippen LogP contribution in [0.5, 0.6) is 0 Å². The first kappa shape index (κ1) is 15.9. The van der Waals surface area contributed by atoms with Crippen molar-refractivity contribution in [1.29, 1.82) is 0 Å². The molecule has 0 heterocycles. The Balaban J connectivity index is 2.55. The third kappa shape index (κ3) is 4.84. The summed E-state index contributed by atoms with van der Waals surface area (Å²) in [5.74, 6) is 0. The van der Waals surface area contributed by atoms with E-state index in [2.05, 4.69) is 14.7 Å². The van der Waals surface area contributed by atoms with Gasteiger partial charge in [0.1, 0.15) is 0 Å². The zero-order valence-corrected chi connectivity index (χ0v) is 11.3. The Bertz CT molecular complexity index is 607. The van der Waals surface area contributed by atoms with Gasteiger partial charge >= 0.3 is 0 Å². The Hall–Kier alpha value is -2.16. The van der Waals surface area contributed by atoms with E-state index in [0.717, 1.165) is 12.1 Å². The number of sulfonamides is 1. The Labute approximate surface area is 115 Å². The Morgan fingerprint density at radius 1 is 1.30 bits per heavy atom. The second-order valence-corrected chi connectivity index (χ2v) is 5.58. The quantitative estimate of drug-likeness (QED) is 0.196. The van der Waals surface area contributed by atoms with Gasteiger partial charge in [0.2, 0.25) is 10.0 Å². The van der Waals surface area contributed by atoms with Gasteiger partial charge in [-0.15, -0.1) is 0 Å². The van der Waals surface area contributed by atoms with Crippen LogP contribution in [0.4, 0.5) is 5.69 Å². The van der Waals surface area contributed by atoms with E-state index in [9.17, 15) is 18.5 Å². The third-order valence-electron chi connectivity index (χ3n) is 2.40. The van der Waals surface area contributed by atoms with Crippen LogP contribution in [-0.4, -0.2) is 26.4 Å². The molecule has 0 aliphatic heterocycles. The third-order valence-corrected chi connectivity index (χ3v) is 3.87. The van der Waals surface area contributed by atoms with E-state index >= 15 is 0 Å². The summed E-state index contributed by atoms with van der Waals surface area (Å²) in [6.07, 6.45) is 1.11. The minimum absolute atomic E-state index is 0.0295. The van der Waals surface area contributed by atoms with E-state index in [4.69, 9.17) is 5.53 Å². The van der Waals surface area contributed by atoms with Gasteiger partial charge in [0, 0.05) is 30.1 Å². The molecule has 0 spiro atoms. The number of hydrogen-bond acceptors (Lipinski definition) is 5. The summed E-state index contributed by atoms with van der Waals surface area (Å²) in [7, 11) is -3.67. The zero-order valence-electron chi connectivity index (χ0n) is 10.5. The Kier molecular flexibility index (Phi) is 5.91. The molecule has 9 nitrogen and oxygen atoms in total. The van der Waals surface area contributed by atoms with Gasteiger partial charge in [-0.3, -0.25) is 10.1 Å². The topological polar surface area (TPSA) is 138 Å². The predicted molar refractivity (Wildman–Crippen MR) is 71.5 cm³/mol. The largest absolute Gasteiger partial charge is 0.269 e. The number of nitro groups is 1. The van der Waals surface area contributed by atoms with E-state index in [1.165, 1.54) is 12.1 Å². The molecule has 1 rings (SSSR count). The van der Waals surface area contributed by atoms with Crippen molar-refractivity contribution in [3.05, 3.63) is 44.8 Å². The highest BCUT2D eigenvalue weighted by Gasteiger charge is 2.14. The molecule has 0 bridgehead atoms. The average molecular weight is 299 g/mol. The van der Waals surface area contributed by atoms with E-state index in [1.54, 1.807) is 0 Å². The van der Waals surface area contributed by atoms with Crippen LogP contribution >= 0.6 is 0 Å². The molecule has 0 radical (unpaired) electrons. The standard InChI is InChI=1S/C10H13N5O4S/c11-14-12-7-1-2-8-13-20(18,19)10-5-3-9(4-6-10)15(16)17/h3-6,13H,1-2,7-8H2. The molecule has 1 aromatic carbocycles. The number of unbranched alkanes of at least 4 members (excludes halogenated alkanes) is 1. The van der Waals surface area contributed by atoms with Crippen molar-refractivity contribution in [1.82, 2.24) is 4.72 Å². The van der Waals surface area contributed by atoms with Crippen LogP contribution in [0.1, 0.15) is 12.8 Å². The lowest BCUT2D eigenvalue weighted by Gasteiger charge is -2.05. The van der Waals surface area contributed by atoms with Gasteiger partial charge in [0.25, 0.3) is 5.69 Å². The predicted octanol–water partition coefficient (Wildman–Crippen LogP) is 1.96. The molecule has 1 N–H and O–H groups in total. The molecule has 0 fully saturated rings. The van der Waals surface area contributed by atoms with Crippen molar-refractivity contribution in [2.24, 2.45) is 5.11 Å². The van der Waals surface area contributed by atoms with E-state index in [-0.39, 0.29) is 17.1 Å². The highest BCUT2D eigenvalue weighted by molar-refractivity contribution is 7.89. The van der Waals surface area contributed by atoms with Crippen molar-refractivity contribution in [2.75, 3.05) is 13.1 Å². The summed E-state index contributed by atoms with van der Waals surface area (Å²) in [5, 5.41) is 13.8. The number of rotatable bonds is 8. The van der Waals surface area contributed by atoms with E-state index < -0.39 is 14.9 Å². The molecule has 0 amide bonds. The summed E-state index contributed by atoms with van der Waals surface area (Å²) in [4.78, 5) is 12.4. The number of hydrogen-bond donors (Lipinski definition) is 1. The van der Waals surface area contributed by atoms with Crippen LogP contribution in [-0.2, 0) is 10.0 Å². The molecule has 0 saturated heterocycles. The van der Waals surface area contributed by atoms with Crippen LogP contribution in [0.3, 0.4) is 0 Å². The first-order valence-electron chi connectivity index (χ1n) is 5.72. The summed E-state index contributed by atoms with van der Waals surface area (Å²) in [6, 6.07) is 4.63. The first-order chi connectivity index (χ1) is 9.47. The van der Waals surface area contributed by atoms with Crippen molar-refractivity contribution in [3.63, 3.8) is 0 Å². The summed E-state index contributed by atoms with van der Waals surface area (Å²) in [5.41, 5.74) is 7.89. The van der Waals surface area contributed by atoms with Gasteiger partial charge in [-0.05, 0) is 30.5 Å². The number of azide groups is 1. The molecule has 0 atom stereocenters. The number of nitrogens with one attached hydrogen (secondary N) is 1. The van der Waals surface area contributed by atoms with Crippen molar-refractivity contribution >= 4 is 15.7 Å². The molecule has 0 aliphatic rings. The molecule has 108 valence electrons. The minimum atomic E-state index is -3.67. The van der Waals surface area contributed by atoms with Crippen LogP contribution in [0, 0.1) is 10.1 Å². The number of non-ortho nitro benzene ring substituents is 1. The summed E-state index contributed by atoms with van der Waals surface area (Å²) in [6.45, 7) is 0.524. The van der Waals surface area contributed by atoms with Gasteiger partial charge in [-0.25, -0.2) is 13.1 Å². The highest BCUT2D eigenvalue weighted by atomic mass is 32.2. The molecular weight excluding hydrogens is 286 g/mol. The number of nitro benzene ring substituents is 1. The molecule has 10 heteroatoms. The van der Waals surface area contributed by atoms with Crippen LogP contribution in [0.25, 0.3) is 10.4 Å².